The van der Waals surface area contributed by atoms with Crippen molar-refractivity contribution in [1.82, 2.24) is 0 Å². The first-order valence-electron chi connectivity index (χ1n) is 11.2. The summed E-state index contributed by atoms with van der Waals surface area (Å²) in [6.07, 6.45) is 4.38. The van der Waals surface area contributed by atoms with Crippen LogP contribution in [-0.2, 0) is 4.79 Å². The van der Waals surface area contributed by atoms with Crippen LogP contribution in [0.4, 0.5) is 0 Å². The fourth-order valence-corrected chi connectivity index (χ4v) is 3.86. The standard InChI is InChI=1S/C30H22O5/c1-19-10-11-20(2)26(16-19)35-28-18-33-27-17-23(13-14-25(27)30(28)32)34-29(31)15-12-22-8-5-7-21-6-3-4-9-24(21)22/h3-18H,1-2H3/b15-12+. The van der Waals surface area contributed by atoms with Crippen molar-refractivity contribution in [3.8, 4) is 17.2 Å². The van der Waals surface area contributed by atoms with E-state index < -0.39 is 5.97 Å². The number of hydrogen-bond donors (Lipinski definition) is 0. The molecule has 172 valence electrons. The Labute approximate surface area is 201 Å². The molecule has 1 aromatic heterocycles. The second kappa shape index (κ2) is 9.31. The van der Waals surface area contributed by atoms with Gasteiger partial charge in [-0.3, -0.25) is 4.79 Å². The van der Waals surface area contributed by atoms with Crippen LogP contribution in [0.2, 0.25) is 0 Å². The van der Waals surface area contributed by atoms with Crippen molar-refractivity contribution in [2.45, 2.75) is 13.8 Å². The van der Waals surface area contributed by atoms with Crippen LogP contribution in [0, 0.1) is 13.8 Å². The minimum absolute atomic E-state index is 0.0916. The highest BCUT2D eigenvalue weighted by Crippen LogP contribution is 2.27. The number of carbonyl (C=O) groups is 1. The molecule has 0 N–H and O–H groups in total. The van der Waals surface area contributed by atoms with Crippen LogP contribution in [0.15, 0.2) is 100 Å². The van der Waals surface area contributed by atoms with E-state index in [4.69, 9.17) is 13.9 Å². The molecule has 0 saturated heterocycles. The normalized spacial score (nSPS) is 11.3. The molecule has 0 amide bonds. The van der Waals surface area contributed by atoms with Crippen molar-refractivity contribution in [1.29, 1.82) is 0 Å². The van der Waals surface area contributed by atoms with Crippen LogP contribution in [-0.4, -0.2) is 5.97 Å². The van der Waals surface area contributed by atoms with Crippen LogP contribution in [0.5, 0.6) is 17.2 Å². The number of benzene rings is 4. The first-order chi connectivity index (χ1) is 17.0. The van der Waals surface area contributed by atoms with Gasteiger partial charge in [-0.25, -0.2) is 4.79 Å². The summed E-state index contributed by atoms with van der Waals surface area (Å²) in [5.74, 6) is 0.431. The molecule has 0 fully saturated rings. The molecular weight excluding hydrogens is 440 g/mol. The van der Waals surface area contributed by atoms with Crippen molar-refractivity contribution in [3.05, 3.63) is 118 Å². The number of fused-ring (bicyclic) bond motifs is 2. The van der Waals surface area contributed by atoms with E-state index in [-0.39, 0.29) is 16.9 Å². The number of hydrogen-bond acceptors (Lipinski definition) is 5. The molecule has 0 aliphatic carbocycles. The Balaban J connectivity index is 1.35. The Morgan fingerprint density at radius 3 is 2.57 bits per heavy atom. The Kier molecular flexibility index (Phi) is 5.90. The molecule has 0 atom stereocenters. The molecule has 5 nitrogen and oxygen atoms in total. The van der Waals surface area contributed by atoms with E-state index in [2.05, 4.69) is 0 Å². The van der Waals surface area contributed by atoms with Gasteiger partial charge in [0.2, 0.25) is 11.2 Å². The monoisotopic (exact) mass is 462 g/mol. The molecule has 5 heteroatoms. The molecular formula is C30H22O5. The van der Waals surface area contributed by atoms with Gasteiger partial charge in [-0.05, 0) is 65.6 Å². The van der Waals surface area contributed by atoms with E-state index >= 15 is 0 Å². The van der Waals surface area contributed by atoms with Gasteiger partial charge in [-0.15, -0.1) is 0 Å². The maximum atomic E-state index is 12.9. The van der Waals surface area contributed by atoms with Crippen molar-refractivity contribution in [3.63, 3.8) is 0 Å². The Morgan fingerprint density at radius 2 is 1.69 bits per heavy atom. The summed E-state index contributed by atoms with van der Waals surface area (Å²) in [5, 5.41) is 2.47. The maximum Gasteiger partial charge on any atom is 0.336 e. The molecule has 0 saturated carbocycles. The molecule has 5 aromatic rings. The molecule has 0 aliphatic rings. The van der Waals surface area contributed by atoms with Crippen LogP contribution < -0.4 is 14.9 Å². The average Bonchev–Trinajstić information content (AvgIpc) is 2.86. The third-order valence-corrected chi connectivity index (χ3v) is 5.72. The lowest BCUT2D eigenvalue weighted by Gasteiger charge is -2.09. The SMILES string of the molecule is Cc1ccc(C)c(Oc2coc3cc(OC(=O)/C=C/c4cccc5ccccc45)ccc3c2=O)c1. The topological polar surface area (TPSA) is 65.7 Å². The summed E-state index contributed by atoms with van der Waals surface area (Å²) in [4.78, 5) is 25.3. The van der Waals surface area contributed by atoms with E-state index in [0.717, 1.165) is 27.5 Å². The van der Waals surface area contributed by atoms with Crippen LogP contribution in [0.25, 0.3) is 27.8 Å². The molecule has 0 unspecified atom stereocenters. The highest BCUT2D eigenvalue weighted by molar-refractivity contribution is 5.95. The lowest BCUT2D eigenvalue weighted by Crippen LogP contribution is -2.07. The molecule has 0 spiro atoms. The first kappa shape index (κ1) is 22.2. The number of carbonyl (C=O) groups excluding carboxylic acids is 1. The fourth-order valence-electron chi connectivity index (χ4n) is 3.86. The minimum atomic E-state index is -0.533. The molecule has 1 heterocycles. The van der Waals surface area contributed by atoms with Crippen molar-refractivity contribution >= 4 is 33.8 Å². The zero-order chi connectivity index (χ0) is 24.4. The summed E-state index contributed by atoms with van der Waals surface area (Å²) < 4.78 is 16.9. The van der Waals surface area contributed by atoms with Crippen LogP contribution >= 0.6 is 0 Å². The summed E-state index contributed by atoms with van der Waals surface area (Å²) in [7, 11) is 0. The fraction of sp³-hybridized carbons (Fsp3) is 0.0667. The van der Waals surface area contributed by atoms with E-state index in [0.29, 0.717) is 16.7 Å². The molecule has 0 radical (unpaired) electrons. The van der Waals surface area contributed by atoms with Crippen molar-refractivity contribution in [2.75, 3.05) is 0 Å². The van der Waals surface area contributed by atoms with E-state index in [1.807, 2.05) is 74.5 Å². The second-order valence-corrected chi connectivity index (χ2v) is 8.28. The minimum Gasteiger partial charge on any atom is -0.460 e. The highest BCUT2D eigenvalue weighted by Gasteiger charge is 2.12. The first-order valence-corrected chi connectivity index (χ1v) is 11.2. The van der Waals surface area contributed by atoms with Gasteiger partial charge in [0.15, 0.2) is 0 Å². The van der Waals surface area contributed by atoms with Gasteiger partial charge >= 0.3 is 5.97 Å². The number of rotatable bonds is 5. The molecule has 35 heavy (non-hydrogen) atoms. The van der Waals surface area contributed by atoms with Crippen LogP contribution in [0.3, 0.4) is 0 Å². The lowest BCUT2D eigenvalue weighted by molar-refractivity contribution is -0.128. The molecule has 5 rings (SSSR count). The highest BCUT2D eigenvalue weighted by atomic mass is 16.5. The zero-order valence-electron chi connectivity index (χ0n) is 19.3. The number of aryl methyl sites for hydroxylation is 2. The third kappa shape index (κ3) is 4.70. The summed E-state index contributed by atoms with van der Waals surface area (Å²) in [6.45, 7) is 3.86. The van der Waals surface area contributed by atoms with Crippen molar-refractivity contribution < 1.29 is 18.7 Å². The van der Waals surface area contributed by atoms with Gasteiger partial charge in [0.05, 0.1) is 5.39 Å². The Hall–Kier alpha value is -4.64. The molecule has 4 aromatic carbocycles. The van der Waals surface area contributed by atoms with Crippen LogP contribution in [0.1, 0.15) is 16.7 Å². The van der Waals surface area contributed by atoms with E-state index in [1.54, 1.807) is 18.2 Å². The number of esters is 1. The second-order valence-electron chi connectivity index (χ2n) is 8.28. The quantitative estimate of drug-likeness (QED) is 0.160. The van der Waals surface area contributed by atoms with Gasteiger partial charge in [0.1, 0.15) is 23.3 Å². The van der Waals surface area contributed by atoms with Gasteiger partial charge in [0.25, 0.3) is 0 Å². The Morgan fingerprint density at radius 1 is 0.857 bits per heavy atom. The smallest absolute Gasteiger partial charge is 0.336 e. The molecule has 0 aliphatic heterocycles. The van der Waals surface area contributed by atoms with Gasteiger partial charge in [0, 0.05) is 12.1 Å². The zero-order valence-corrected chi connectivity index (χ0v) is 19.3. The van der Waals surface area contributed by atoms with Gasteiger partial charge < -0.3 is 13.9 Å². The van der Waals surface area contributed by atoms with E-state index in [1.165, 1.54) is 18.4 Å². The lowest BCUT2D eigenvalue weighted by atomic mass is 10.0. The van der Waals surface area contributed by atoms with Gasteiger partial charge in [-0.1, -0.05) is 54.6 Å². The maximum absolute atomic E-state index is 12.9. The Bertz CT molecular complexity index is 1650. The van der Waals surface area contributed by atoms with E-state index in [9.17, 15) is 9.59 Å². The predicted octanol–water partition coefficient (Wildman–Crippen LogP) is 6.97. The van der Waals surface area contributed by atoms with Crippen molar-refractivity contribution in [2.24, 2.45) is 0 Å². The number of ether oxygens (including phenoxy) is 2. The summed E-state index contributed by atoms with van der Waals surface area (Å²) in [5.41, 5.74) is 2.85. The molecule has 0 bridgehead atoms. The summed E-state index contributed by atoms with van der Waals surface area (Å²) in [6, 6.07) is 24.3. The predicted molar refractivity (Wildman–Crippen MR) is 137 cm³/mol. The largest absolute Gasteiger partial charge is 0.460 e. The van der Waals surface area contributed by atoms with Gasteiger partial charge in [-0.2, -0.15) is 0 Å². The average molecular weight is 463 g/mol. The summed E-state index contributed by atoms with van der Waals surface area (Å²) >= 11 is 0. The third-order valence-electron chi connectivity index (χ3n) is 5.72.